The number of rotatable bonds is 1. The van der Waals surface area contributed by atoms with E-state index in [1.165, 1.54) is 41.5 Å². The minimum Gasteiger partial charge on any atom is -0.399 e. The molecule has 2 aromatic carbocycles. The van der Waals surface area contributed by atoms with Gasteiger partial charge in [-0.2, -0.15) is 5.26 Å². The molecular formula is C25H28BNO2. The van der Waals surface area contributed by atoms with Crippen LogP contribution in [0.2, 0.25) is 0 Å². The Kier molecular flexibility index (Phi) is 4.05. The molecule has 29 heavy (non-hydrogen) atoms. The van der Waals surface area contributed by atoms with E-state index in [0.29, 0.717) is 0 Å². The first-order valence-corrected chi connectivity index (χ1v) is 10.8. The molecule has 1 heterocycles. The zero-order valence-electron chi connectivity index (χ0n) is 17.8. The number of hydrogen-bond donors (Lipinski definition) is 0. The second-order valence-electron chi connectivity index (χ2n) is 9.88. The normalized spacial score (nSPS) is 22.9. The van der Waals surface area contributed by atoms with Crippen LogP contribution in [-0.4, -0.2) is 18.3 Å². The van der Waals surface area contributed by atoms with Crippen molar-refractivity contribution in [2.45, 2.75) is 76.4 Å². The lowest BCUT2D eigenvalue weighted by Gasteiger charge is -2.36. The van der Waals surface area contributed by atoms with E-state index in [2.05, 4.69) is 58.0 Å². The van der Waals surface area contributed by atoms with Gasteiger partial charge in [-0.25, -0.2) is 0 Å². The minimum atomic E-state index is -0.356. The van der Waals surface area contributed by atoms with Crippen molar-refractivity contribution >= 4 is 12.6 Å². The molecule has 4 heteroatoms. The van der Waals surface area contributed by atoms with Gasteiger partial charge in [0.15, 0.2) is 0 Å². The first kappa shape index (κ1) is 18.9. The molecule has 0 amide bonds. The van der Waals surface area contributed by atoms with E-state index in [1.54, 1.807) is 0 Å². The van der Waals surface area contributed by atoms with Crippen molar-refractivity contribution in [3.8, 4) is 17.2 Å². The van der Waals surface area contributed by atoms with Gasteiger partial charge in [-0.15, -0.1) is 0 Å². The first-order chi connectivity index (χ1) is 13.8. The van der Waals surface area contributed by atoms with E-state index < -0.39 is 0 Å². The van der Waals surface area contributed by atoms with E-state index in [0.717, 1.165) is 23.9 Å². The summed E-state index contributed by atoms with van der Waals surface area (Å²) in [5.41, 5.74) is 6.30. The summed E-state index contributed by atoms with van der Waals surface area (Å²) < 4.78 is 12.7. The highest BCUT2D eigenvalue weighted by Gasteiger charge is 2.52. The Morgan fingerprint density at radius 3 is 2.24 bits per heavy atom. The SMILES string of the molecule is CC1(C)OB(c2ccc3c(c2)C2(CCCCC2)c2c(C#N)cccc2-3)OC1(C)C. The van der Waals surface area contributed by atoms with Gasteiger partial charge in [-0.3, -0.25) is 0 Å². The lowest BCUT2D eigenvalue weighted by Crippen LogP contribution is -2.41. The van der Waals surface area contributed by atoms with E-state index in [9.17, 15) is 5.26 Å². The predicted molar refractivity (Wildman–Crippen MR) is 116 cm³/mol. The van der Waals surface area contributed by atoms with Gasteiger partial charge in [0.25, 0.3) is 0 Å². The minimum absolute atomic E-state index is 0.0467. The summed E-state index contributed by atoms with van der Waals surface area (Å²) in [6.07, 6.45) is 5.91. The van der Waals surface area contributed by atoms with Crippen LogP contribution in [-0.2, 0) is 14.7 Å². The third kappa shape index (κ3) is 2.57. The average Bonchev–Trinajstić information content (AvgIpc) is 3.10. The van der Waals surface area contributed by atoms with E-state index >= 15 is 0 Å². The topological polar surface area (TPSA) is 42.2 Å². The molecule has 3 nitrogen and oxygen atoms in total. The van der Waals surface area contributed by atoms with Gasteiger partial charge in [0, 0.05) is 5.41 Å². The maximum absolute atomic E-state index is 9.85. The molecule has 148 valence electrons. The van der Waals surface area contributed by atoms with Gasteiger partial charge < -0.3 is 9.31 Å². The predicted octanol–water partition coefficient (Wildman–Crippen LogP) is 5.09. The molecule has 0 radical (unpaired) electrons. The summed E-state index contributed by atoms with van der Waals surface area (Å²) in [6, 6.07) is 15.3. The lowest BCUT2D eigenvalue weighted by atomic mass is 9.65. The Bertz CT molecular complexity index is 1010. The molecule has 1 saturated carbocycles. The average molecular weight is 385 g/mol. The number of fused-ring (bicyclic) bond motifs is 5. The molecule has 1 aliphatic heterocycles. The van der Waals surface area contributed by atoms with Crippen molar-refractivity contribution in [1.82, 2.24) is 0 Å². The quantitative estimate of drug-likeness (QED) is 0.643. The van der Waals surface area contributed by atoms with Gasteiger partial charge in [-0.05, 0) is 74.3 Å². The number of nitriles is 1. The van der Waals surface area contributed by atoms with Crippen LogP contribution in [0, 0.1) is 11.3 Å². The second kappa shape index (κ2) is 6.21. The maximum Gasteiger partial charge on any atom is 0.494 e. The number of benzene rings is 2. The van der Waals surface area contributed by atoms with Crippen LogP contribution in [0.25, 0.3) is 11.1 Å². The third-order valence-electron chi connectivity index (χ3n) is 7.75. The largest absolute Gasteiger partial charge is 0.494 e. The molecule has 0 N–H and O–H groups in total. The molecule has 0 atom stereocenters. The molecule has 5 rings (SSSR count). The fourth-order valence-electron chi connectivity index (χ4n) is 5.51. The van der Waals surface area contributed by atoms with E-state index in [1.807, 2.05) is 12.1 Å². The summed E-state index contributed by atoms with van der Waals surface area (Å²) in [5.74, 6) is 0. The van der Waals surface area contributed by atoms with Crippen molar-refractivity contribution in [1.29, 1.82) is 5.26 Å². The van der Waals surface area contributed by atoms with Gasteiger partial charge >= 0.3 is 7.12 Å². The summed E-state index contributed by atoms with van der Waals surface area (Å²) >= 11 is 0. The highest BCUT2D eigenvalue weighted by molar-refractivity contribution is 6.62. The van der Waals surface area contributed by atoms with E-state index in [4.69, 9.17) is 9.31 Å². The first-order valence-electron chi connectivity index (χ1n) is 10.8. The van der Waals surface area contributed by atoms with Gasteiger partial charge in [0.1, 0.15) is 0 Å². The van der Waals surface area contributed by atoms with Crippen molar-refractivity contribution in [3.63, 3.8) is 0 Å². The summed E-state index contributed by atoms with van der Waals surface area (Å²) in [4.78, 5) is 0. The molecular weight excluding hydrogens is 357 g/mol. The summed E-state index contributed by atoms with van der Waals surface area (Å²) in [5, 5.41) is 9.85. The van der Waals surface area contributed by atoms with Crippen LogP contribution in [0.5, 0.6) is 0 Å². The smallest absolute Gasteiger partial charge is 0.399 e. The Morgan fingerprint density at radius 2 is 1.59 bits per heavy atom. The van der Waals surface area contributed by atoms with Crippen LogP contribution in [0.4, 0.5) is 0 Å². The van der Waals surface area contributed by atoms with Crippen LogP contribution in [0.1, 0.15) is 76.5 Å². The van der Waals surface area contributed by atoms with Crippen molar-refractivity contribution < 1.29 is 9.31 Å². The van der Waals surface area contributed by atoms with Crippen molar-refractivity contribution in [2.24, 2.45) is 0 Å². The Labute approximate surface area is 174 Å². The van der Waals surface area contributed by atoms with Crippen molar-refractivity contribution in [2.75, 3.05) is 0 Å². The zero-order valence-corrected chi connectivity index (χ0v) is 17.8. The number of nitrogens with zero attached hydrogens (tertiary/aromatic N) is 1. The summed E-state index contributed by atoms with van der Waals surface area (Å²) in [7, 11) is -0.356. The third-order valence-corrected chi connectivity index (χ3v) is 7.75. The van der Waals surface area contributed by atoms with Crippen LogP contribution in [0.15, 0.2) is 36.4 Å². The van der Waals surface area contributed by atoms with Gasteiger partial charge in [0.2, 0.25) is 0 Å². The zero-order chi connectivity index (χ0) is 20.4. The van der Waals surface area contributed by atoms with Crippen molar-refractivity contribution in [3.05, 3.63) is 53.1 Å². The van der Waals surface area contributed by atoms with Gasteiger partial charge in [0.05, 0.1) is 22.8 Å². The maximum atomic E-state index is 9.85. The standard InChI is InChI=1S/C25H28BNO2/c1-23(2)24(3,4)29-26(28-23)18-11-12-19-20-10-8-9-17(16-27)22(20)25(21(19)15-18)13-6-5-7-14-25/h8-12,15H,5-7,13-14H2,1-4H3. The Hall–Kier alpha value is -2.09. The molecule has 1 saturated heterocycles. The number of hydrogen-bond acceptors (Lipinski definition) is 3. The molecule has 3 aliphatic rings. The highest BCUT2D eigenvalue weighted by Crippen LogP contribution is 2.56. The molecule has 0 bridgehead atoms. The molecule has 2 aromatic rings. The fraction of sp³-hybridized carbons (Fsp3) is 0.480. The fourth-order valence-corrected chi connectivity index (χ4v) is 5.51. The van der Waals surface area contributed by atoms with Crippen LogP contribution >= 0.6 is 0 Å². The second-order valence-corrected chi connectivity index (χ2v) is 9.88. The molecule has 2 fully saturated rings. The van der Waals surface area contributed by atoms with Crippen LogP contribution in [0.3, 0.4) is 0 Å². The monoisotopic (exact) mass is 385 g/mol. The Morgan fingerprint density at radius 1 is 0.897 bits per heavy atom. The van der Waals surface area contributed by atoms with Crippen LogP contribution < -0.4 is 5.46 Å². The molecule has 1 spiro atoms. The molecule has 2 aliphatic carbocycles. The van der Waals surface area contributed by atoms with E-state index in [-0.39, 0.29) is 23.7 Å². The van der Waals surface area contributed by atoms with Gasteiger partial charge in [-0.1, -0.05) is 49.6 Å². The molecule has 0 unspecified atom stereocenters. The lowest BCUT2D eigenvalue weighted by molar-refractivity contribution is 0.00578. The highest BCUT2D eigenvalue weighted by atomic mass is 16.7. The Balaban J connectivity index is 1.66. The summed E-state index contributed by atoms with van der Waals surface area (Å²) in [6.45, 7) is 8.38. The molecule has 0 aromatic heterocycles.